The Morgan fingerprint density at radius 2 is 1.92 bits per heavy atom. The van der Waals surface area contributed by atoms with Crippen molar-refractivity contribution in [1.82, 2.24) is 0 Å². The Kier molecular flexibility index (Phi) is 3.31. The normalized spacial score (nSPS) is 23.8. The fraction of sp³-hybridized carbons (Fsp3) is 0.900. The maximum absolute atomic E-state index is 11.2. The van der Waals surface area contributed by atoms with Gasteiger partial charge in [-0.05, 0) is 25.2 Å². The number of hydrogen-bond acceptors (Lipinski definition) is 2. The van der Waals surface area contributed by atoms with Crippen LogP contribution in [0.2, 0.25) is 0 Å². The van der Waals surface area contributed by atoms with Gasteiger partial charge in [0.15, 0.2) is 0 Å². The smallest absolute Gasteiger partial charge is 0.237 e. The van der Waals surface area contributed by atoms with Crippen LogP contribution in [-0.4, -0.2) is 11.4 Å². The number of hydrogen-bond donors (Lipinski definition) is 2. The van der Waals surface area contributed by atoms with Crippen molar-refractivity contribution in [1.29, 1.82) is 0 Å². The summed E-state index contributed by atoms with van der Waals surface area (Å²) in [7, 11) is 0. The molecule has 0 saturated heterocycles. The third-order valence-corrected chi connectivity index (χ3v) is 3.38. The maximum atomic E-state index is 11.2. The molecule has 1 aliphatic carbocycles. The van der Waals surface area contributed by atoms with Gasteiger partial charge in [-0.3, -0.25) is 4.79 Å². The minimum Gasteiger partial charge on any atom is -0.368 e. The Morgan fingerprint density at radius 1 is 1.38 bits per heavy atom. The minimum absolute atomic E-state index is 0.309. The van der Waals surface area contributed by atoms with Gasteiger partial charge in [0.25, 0.3) is 0 Å². The van der Waals surface area contributed by atoms with E-state index in [0.717, 1.165) is 12.8 Å². The highest BCUT2D eigenvalue weighted by Crippen LogP contribution is 2.32. The summed E-state index contributed by atoms with van der Waals surface area (Å²) in [5.41, 5.74) is 10.6. The summed E-state index contributed by atoms with van der Waals surface area (Å²) in [4.78, 5) is 11.2. The van der Waals surface area contributed by atoms with Crippen molar-refractivity contribution in [3.63, 3.8) is 0 Å². The number of nitrogens with two attached hydrogens (primary N) is 2. The molecule has 1 rings (SSSR count). The molecule has 1 amide bonds. The van der Waals surface area contributed by atoms with Crippen LogP contribution in [0.25, 0.3) is 0 Å². The molecule has 13 heavy (non-hydrogen) atoms. The van der Waals surface area contributed by atoms with Gasteiger partial charge in [0.2, 0.25) is 5.91 Å². The highest BCUT2D eigenvalue weighted by molar-refractivity contribution is 5.84. The average molecular weight is 184 g/mol. The van der Waals surface area contributed by atoms with E-state index >= 15 is 0 Å². The molecule has 3 nitrogen and oxygen atoms in total. The van der Waals surface area contributed by atoms with Crippen molar-refractivity contribution in [3.8, 4) is 0 Å². The van der Waals surface area contributed by atoms with Crippen LogP contribution in [-0.2, 0) is 4.79 Å². The molecular weight excluding hydrogens is 164 g/mol. The van der Waals surface area contributed by atoms with E-state index < -0.39 is 5.54 Å². The Labute approximate surface area is 79.9 Å². The van der Waals surface area contributed by atoms with Crippen molar-refractivity contribution in [2.75, 3.05) is 0 Å². The van der Waals surface area contributed by atoms with Gasteiger partial charge >= 0.3 is 0 Å². The lowest BCUT2D eigenvalue weighted by Gasteiger charge is -2.36. The van der Waals surface area contributed by atoms with Crippen LogP contribution in [0, 0.1) is 5.92 Å². The molecular formula is C10H20N2O. The molecule has 4 N–H and O–H groups in total. The summed E-state index contributed by atoms with van der Waals surface area (Å²) in [6, 6.07) is 0. The van der Waals surface area contributed by atoms with Gasteiger partial charge < -0.3 is 11.5 Å². The molecule has 0 spiro atoms. The SMILES string of the molecule is CC[C@@](N)(C(N)=O)C1CCCCC1. The molecule has 0 aromatic heterocycles. The van der Waals surface area contributed by atoms with Crippen molar-refractivity contribution in [3.05, 3.63) is 0 Å². The first-order valence-electron chi connectivity index (χ1n) is 5.20. The Bertz CT molecular complexity index is 187. The minimum atomic E-state index is -0.750. The lowest BCUT2D eigenvalue weighted by molar-refractivity contribution is -0.125. The number of carbonyl (C=O) groups excluding carboxylic acids is 1. The summed E-state index contributed by atoms with van der Waals surface area (Å²) in [6.45, 7) is 1.94. The summed E-state index contributed by atoms with van der Waals surface area (Å²) >= 11 is 0. The molecule has 1 aliphatic rings. The second-order valence-electron chi connectivity index (χ2n) is 4.09. The molecule has 1 fully saturated rings. The van der Waals surface area contributed by atoms with E-state index in [-0.39, 0.29) is 5.91 Å². The Morgan fingerprint density at radius 3 is 2.31 bits per heavy atom. The van der Waals surface area contributed by atoms with Crippen LogP contribution in [0.5, 0.6) is 0 Å². The predicted octanol–water partition coefficient (Wildman–Crippen LogP) is 1.16. The Hall–Kier alpha value is -0.570. The van der Waals surface area contributed by atoms with Gasteiger partial charge in [-0.25, -0.2) is 0 Å². The molecule has 0 aromatic rings. The second kappa shape index (κ2) is 4.09. The standard InChI is InChI=1S/C10H20N2O/c1-2-10(12,9(11)13)8-6-4-3-5-7-8/h8H,2-7,12H2,1H3,(H2,11,13)/t10-/m0/s1. The van der Waals surface area contributed by atoms with Gasteiger partial charge in [-0.2, -0.15) is 0 Å². The van der Waals surface area contributed by atoms with E-state index in [1.807, 2.05) is 6.92 Å². The van der Waals surface area contributed by atoms with Crippen LogP contribution < -0.4 is 11.5 Å². The molecule has 0 bridgehead atoms. The van der Waals surface area contributed by atoms with Crippen molar-refractivity contribution in [2.45, 2.75) is 51.0 Å². The molecule has 76 valence electrons. The monoisotopic (exact) mass is 184 g/mol. The van der Waals surface area contributed by atoms with Gasteiger partial charge in [0.1, 0.15) is 0 Å². The van der Waals surface area contributed by atoms with Gasteiger partial charge in [0.05, 0.1) is 5.54 Å². The molecule has 0 radical (unpaired) electrons. The first kappa shape index (κ1) is 10.5. The summed E-state index contributed by atoms with van der Waals surface area (Å²) in [6.07, 6.45) is 6.44. The van der Waals surface area contributed by atoms with E-state index in [1.54, 1.807) is 0 Å². The molecule has 0 heterocycles. The van der Waals surface area contributed by atoms with E-state index in [0.29, 0.717) is 12.3 Å². The topological polar surface area (TPSA) is 69.1 Å². The zero-order valence-electron chi connectivity index (χ0n) is 8.38. The van der Waals surface area contributed by atoms with E-state index in [2.05, 4.69) is 0 Å². The number of primary amides is 1. The summed E-state index contributed by atoms with van der Waals surface area (Å²) in [5, 5.41) is 0. The third-order valence-electron chi connectivity index (χ3n) is 3.38. The van der Waals surface area contributed by atoms with Gasteiger partial charge in [-0.1, -0.05) is 26.2 Å². The molecule has 1 atom stereocenters. The summed E-state index contributed by atoms with van der Waals surface area (Å²) in [5.74, 6) is -0.0225. The third kappa shape index (κ3) is 2.02. The first-order chi connectivity index (χ1) is 6.11. The van der Waals surface area contributed by atoms with Crippen LogP contribution in [0.4, 0.5) is 0 Å². The zero-order valence-corrected chi connectivity index (χ0v) is 8.38. The predicted molar refractivity (Wildman–Crippen MR) is 53.0 cm³/mol. The van der Waals surface area contributed by atoms with E-state index in [9.17, 15) is 4.79 Å². The van der Waals surface area contributed by atoms with E-state index in [1.165, 1.54) is 19.3 Å². The maximum Gasteiger partial charge on any atom is 0.237 e. The lowest BCUT2D eigenvalue weighted by atomic mass is 9.73. The van der Waals surface area contributed by atoms with E-state index in [4.69, 9.17) is 11.5 Å². The van der Waals surface area contributed by atoms with Crippen LogP contribution in [0.3, 0.4) is 0 Å². The van der Waals surface area contributed by atoms with Crippen molar-refractivity contribution < 1.29 is 4.79 Å². The Balaban J connectivity index is 2.68. The first-order valence-corrected chi connectivity index (χ1v) is 5.20. The summed E-state index contributed by atoms with van der Waals surface area (Å²) < 4.78 is 0. The highest BCUT2D eigenvalue weighted by atomic mass is 16.1. The number of carbonyl (C=O) groups is 1. The second-order valence-corrected chi connectivity index (χ2v) is 4.09. The van der Waals surface area contributed by atoms with Gasteiger partial charge in [-0.15, -0.1) is 0 Å². The van der Waals surface area contributed by atoms with Crippen molar-refractivity contribution >= 4 is 5.91 Å². The molecule has 0 unspecified atom stereocenters. The van der Waals surface area contributed by atoms with Crippen LogP contribution in [0.1, 0.15) is 45.4 Å². The largest absolute Gasteiger partial charge is 0.368 e. The average Bonchev–Trinajstić information content (AvgIpc) is 2.17. The van der Waals surface area contributed by atoms with Crippen molar-refractivity contribution in [2.24, 2.45) is 17.4 Å². The lowest BCUT2D eigenvalue weighted by Crippen LogP contribution is -2.57. The highest BCUT2D eigenvalue weighted by Gasteiger charge is 2.38. The fourth-order valence-corrected chi connectivity index (χ4v) is 2.28. The molecule has 0 aromatic carbocycles. The number of amides is 1. The molecule has 3 heteroatoms. The number of rotatable bonds is 3. The quantitative estimate of drug-likeness (QED) is 0.691. The molecule has 1 saturated carbocycles. The zero-order chi connectivity index (χ0) is 9.90. The van der Waals surface area contributed by atoms with Crippen LogP contribution in [0.15, 0.2) is 0 Å². The van der Waals surface area contributed by atoms with Crippen LogP contribution >= 0.6 is 0 Å². The fourth-order valence-electron chi connectivity index (χ4n) is 2.28. The van der Waals surface area contributed by atoms with Gasteiger partial charge in [0, 0.05) is 0 Å². The molecule has 0 aliphatic heterocycles.